The largest absolute Gasteiger partial charge is 0.476 e. The zero-order valence-electron chi connectivity index (χ0n) is 6.34. The van der Waals surface area contributed by atoms with Crippen molar-refractivity contribution in [2.24, 2.45) is 0 Å². The van der Waals surface area contributed by atoms with Crippen LogP contribution in [0.25, 0.3) is 0 Å². The van der Waals surface area contributed by atoms with E-state index >= 15 is 0 Å². The quantitative estimate of drug-likeness (QED) is 0.691. The minimum Gasteiger partial charge on any atom is -0.313 e. The Morgan fingerprint density at radius 1 is 1.29 bits per heavy atom. The summed E-state index contributed by atoms with van der Waals surface area (Å²) in [6.45, 7) is 0. The van der Waals surface area contributed by atoms with Crippen molar-refractivity contribution in [1.29, 1.82) is 0 Å². The number of hydrogen-bond acceptors (Lipinski definition) is 3. The lowest BCUT2D eigenvalue weighted by atomic mass is 10.7. The lowest BCUT2D eigenvalue weighted by Gasteiger charge is -2.03. The van der Waals surface area contributed by atoms with Gasteiger partial charge in [0.25, 0.3) is 5.56 Å². The van der Waals surface area contributed by atoms with Gasteiger partial charge in [0.15, 0.2) is 10.8 Å². The van der Waals surface area contributed by atoms with E-state index in [1.54, 1.807) is 4.98 Å². The third-order valence-corrected chi connectivity index (χ3v) is 2.32. The molecule has 1 unspecified atom stereocenters. The summed E-state index contributed by atoms with van der Waals surface area (Å²) in [5, 5.41) is 0. The van der Waals surface area contributed by atoms with E-state index in [-0.39, 0.29) is 0 Å². The Morgan fingerprint density at radius 2 is 1.86 bits per heavy atom. The summed E-state index contributed by atoms with van der Waals surface area (Å²) >= 11 is 0. The first-order valence-corrected chi connectivity index (χ1v) is 4.28. The molecule has 5 nitrogen and oxygen atoms in total. The van der Waals surface area contributed by atoms with Gasteiger partial charge < -0.3 is 4.98 Å². The van der Waals surface area contributed by atoms with Crippen LogP contribution in [0.4, 0.5) is 13.2 Å². The van der Waals surface area contributed by atoms with Crippen LogP contribution in [0, 0.1) is 0 Å². The molecular formula is C5H3F3N2O3S. The first-order valence-electron chi connectivity index (χ1n) is 3.13. The minimum atomic E-state index is -5.02. The maximum absolute atomic E-state index is 11.9. The number of alkyl halides is 3. The van der Waals surface area contributed by atoms with Crippen molar-refractivity contribution in [3.05, 3.63) is 27.0 Å². The highest BCUT2D eigenvalue weighted by atomic mass is 32.2. The van der Waals surface area contributed by atoms with Gasteiger partial charge in [-0.25, -0.2) is 9.00 Å². The van der Waals surface area contributed by atoms with Crippen LogP contribution in [0.2, 0.25) is 0 Å². The fourth-order valence-corrected chi connectivity index (χ4v) is 1.29. The Bertz CT molecular complexity index is 474. The molecule has 1 atom stereocenters. The molecule has 0 saturated heterocycles. The highest BCUT2D eigenvalue weighted by molar-refractivity contribution is 7.85. The topological polar surface area (TPSA) is 82.8 Å². The Balaban J connectivity index is 3.29. The number of hydrogen-bond donors (Lipinski definition) is 2. The summed E-state index contributed by atoms with van der Waals surface area (Å²) in [4.78, 5) is 23.5. The molecule has 0 aliphatic rings. The zero-order chi connectivity index (χ0) is 10.9. The number of aromatic nitrogens is 2. The molecule has 2 N–H and O–H groups in total. The van der Waals surface area contributed by atoms with E-state index in [2.05, 4.69) is 0 Å². The molecule has 1 heterocycles. The van der Waals surface area contributed by atoms with Crippen molar-refractivity contribution >= 4 is 10.8 Å². The predicted octanol–water partition coefficient (Wildman–Crippen LogP) is -0.309. The molecule has 14 heavy (non-hydrogen) atoms. The molecule has 0 bridgehead atoms. The smallest absolute Gasteiger partial charge is 0.313 e. The third kappa shape index (κ3) is 2.10. The molecular weight excluding hydrogens is 225 g/mol. The molecule has 0 spiro atoms. The average molecular weight is 228 g/mol. The maximum atomic E-state index is 11.9. The Morgan fingerprint density at radius 3 is 2.29 bits per heavy atom. The Labute approximate surface area is 76.4 Å². The molecule has 1 aromatic heterocycles. The van der Waals surface area contributed by atoms with Gasteiger partial charge in [-0.15, -0.1) is 0 Å². The van der Waals surface area contributed by atoms with Crippen molar-refractivity contribution < 1.29 is 17.4 Å². The summed E-state index contributed by atoms with van der Waals surface area (Å²) in [7, 11) is -3.43. The van der Waals surface area contributed by atoms with E-state index in [4.69, 9.17) is 0 Å². The summed E-state index contributed by atoms with van der Waals surface area (Å²) in [5.41, 5.74) is -7.30. The SMILES string of the molecule is O=c1[nH]cc(S(=O)C(F)(F)F)c(=O)[nH]1. The van der Waals surface area contributed by atoms with Gasteiger partial charge in [-0.3, -0.25) is 9.78 Å². The van der Waals surface area contributed by atoms with Gasteiger partial charge in [-0.1, -0.05) is 0 Å². The number of rotatable bonds is 1. The zero-order valence-corrected chi connectivity index (χ0v) is 7.16. The van der Waals surface area contributed by atoms with Gasteiger partial charge in [-0.05, 0) is 0 Å². The first kappa shape index (κ1) is 10.7. The van der Waals surface area contributed by atoms with Crippen molar-refractivity contribution in [3.8, 4) is 0 Å². The van der Waals surface area contributed by atoms with Crippen molar-refractivity contribution in [3.63, 3.8) is 0 Å². The molecule has 0 amide bonds. The van der Waals surface area contributed by atoms with E-state index in [0.717, 1.165) is 0 Å². The Kier molecular flexibility index (Phi) is 2.60. The van der Waals surface area contributed by atoms with E-state index < -0.39 is 32.5 Å². The van der Waals surface area contributed by atoms with Crippen LogP contribution in [0.5, 0.6) is 0 Å². The van der Waals surface area contributed by atoms with Crippen LogP contribution in [0.3, 0.4) is 0 Å². The third-order valence-electron chi connectivity index (χ3n) is 1.20. The summed E-state index contributed by atoms with van der Waals surface area (Å²) in [6, 6.07) is 0. The van der Waals surface area contributed by atoms with E-state index in [0.29, 0.717) is 6.20 Å². The Hall–Kier alpha value is -1.38. The van der Waals surface area contributed by atoms with Gasteiger partial charge >= 0.3 is 11.2 Å². The molecule has 0 saturated carbocycles. The van der Waals surface area contributed by atoms with Gasteiger partial charge in [0.1, 0.15) is 4.90 Å². The second kappa shape index (κ2) is 3.40. The molecule has 1 rings (SSSR count). The fraction of sp³-hybridized carbons (Fsp3) is 0.200. The molecule has 0 aliphatic heterocycles. The first-order chi connectivity index (χ1) is 6.32. The minimum absolute atomic E-state index is 0.477. The van der Waals surface area contributed by atoms with Gasteiger partial charge in [0, 0.05) is 6.20 Å². The molecule has 0 fully saturated rings. The lowest BCUT2D eigenvalue weighted by Crippen LogP contribution is -2.29. The highest BCUT2D eigenvalue weighted by Crippen LogP contribution is 2.23. The van der Waals surface area contributed by atoms with Crippen molar-refractivity contribution in [2.45, 2.75) is 10.4 Å². The molecule has 0 aromatic carbocycles. The van der Waals surface area contributed by atoms with Crippen LogP contribution >= 0.6 is 0 Å². The van der Waals surface area contributed by atoms with E-state index in [9.17, 15) is 27.0 Å². The predicted molar refractivity (Wildman–Crippen MR) is 40.1 cm³/mol. The second-order valence-electron chi connectivity index (χ2n) is 2.15. The number of H-pyrrole nitrogens is 2. The van der Waals surface area contributed by atoms with Gasteiger partial charge in [0.05, 0.1) is 0 Å². The van der Waals surface area contributed by atoms with E-state index in [1.165, 1.54) is 4.98 Å². The van der Waals surface area contributed by atoms with Crippen LogP contribution in [0.1, 0.15) is 0 Å². The fourth-order valence-electron chi connectivity index (χ4n) is 0.660. The number of halogens is 3. The van der Waals surface area contributed by atoms with Crippen molar-refractivity contribution in [1.82, 2.24) is 9.97 Å². The monoisotopic (exact) mass is 228 g/mol. The van der Waals surface area contributed by atoms with Crippen LogP contribution in [-0.4, -0.2) is 19.7 Å². The molecule has 1 aromatic rings. The standard InChI is InChI=1S/C5H3F3N2O3S/c6-5(7,8)14(13)2-1-9-4(12)10-3(2)11/h1H,(H2,9,10,11,12). The lowest BCUT2D eigenvalue weighted by molar-refractivity contribution is -0.0385. The van der Waals surface area contributed by atoms with E-state index in [1.807, 2.05) is 0 Å². The van der Waals surface area contributed by atoms with Gasteiger partial charge in [-0.2, -0.15) is 13.2 Å². The van der Waals surface area contributed by atoms with Crippen LogP contribution < -0.4 is 11.2 Å². The summed E-state index contributed by atoms with van der Waals surface area (Å²) < 4.78 is 46.3. The number of aromatic amines is 2. The normalized spacial score (nSPS) is 13.9. The molecule has 0 radical (unpaired) electrons. The average Bonchev–Trinajstić information content (AvgIpc) is 2.01. The summed E-state index contributed by atoms with van der Waals surface area (Å²) in [6.07, 6.45) is 0.477. The van der Waals surface area contributed by atoms with Gasteiger partial charge in [0.2, 0.25) is 0 Å². The molecule has 78 valence electrons. The second-order valence-corrected chi connectivity index (χ2v) is 3.59. The van der Waals surface area contributed by atoms with Crippen LogP contribution in [0.15, 0.2) is 20.7 Å². The highest BCUT2D eigenvalue weighted by Gasteiger charge is 2.39. The van der Waals surface area contributed by atoms with Crippen molar-refractivity contribution in [2.75, 3.05) is 0 Å². The maximum Gasteiger partial charge on any atom is 0.476 e. The summed E-state index contributed by atoms with van der Waals surface area (Å²) in [5.74, 6) is 0. The van der Waals surface area contributed by atoms with Crippen LogP contribution in [-0.2, 0) is 10.8 Å². The molecule has 9 heteroatoms. The molecule has 0 aliphatic carbocycles. The number of nitrogens with one attached hydrogen (secondary N) is 2.